The van der Waals surface area contributed by atoms with Crippen LogP contribution in [0.1, 0.15) is 20.8 Å². The van der Waals surface area contributed by atoms with Crippen LogP contribution >= 0.6 is 0 Å². The largest absolute Gasteiger partial charge is 0.383 e. The first-order valence-corrected chi connectivity index (χ1v) is 5.92. The van der Waals surface area contributed by atoms with Crippen LogP contribution in [0.2, 0.25) is 0 Å². The molecule has 0 heterocycles. The lowest BCUT2D eigenvalue weighted by Gasteiger charge is -2.24. The highest BCUT2D eigenvalue weighted by atomic mass is 16.5. The van der Waals surface area contributed by atoms with Gasteiger partial charge in [-0.1, -0.05) is 13.8 Å². The molecule has 1 unspecified atom stereocenters. The monoisotopic (exact) mass is 230 g/mol. The number of methoxy groups -OCH3 is 1. The van der Waals surface area contributed by atoms with Crippen molar-refractivity contribution in [3.8, 4) is 0 Å². The summed E-state index contributed by atoms with van der Waals surface area (Å²) in [6.45, 7) is 10.6. The van der Waals surface area contributed by atoms with Gasteiger partial charge in [0.2, 0.25) is 0 Å². The summed E-state index contributed by atoms with van der Waals surface area (Å²) in [5.74, 6) is 0.496. The van der Waals surface area contributed by atoms with Crippen molar-refractivity contribution in [3.63, 3.8) is 0 Å². The summed E-state index contributed by atoms with van der Waals surface area (Å²) in [5, 5.41) is 3.00. The summed E-state index contributed by atoms with van der Waals surface area (Å²) >= 11 is 0. The number of hydrogen-bond acceptors (Lipinski definition) is 3. The third-order valence-electron chi connectivity index (χ3n) is 2.57. The first-order valence-electron chi connectivity index (χ1n) is 5.92. The number of rotatable bonds is 8. The average Bonchev–Trinajstić information content (AvgIpc) is 2.28. The fourth-order valence-electron chi connectivity index (χ4n) is 1.53. The predicted octanol–water partition coefficient (Wildman–Crippen LogP) is 0.267. The van der Waals surface area contributed by atoms with Gasteiger partial charge >= 0.3 is 0 Å². The number of nitrogens with zero attached hydrogens (tertiary/aromatic N) is 2. The number of hydrogen-bond donors (Lipinski definition) is 2. The predicted molar refractivity (Wildman–Crippen MR) is 68.8 cm³/mol. The average molecular weight is 230 g/mol. The first-order chi connectivity index (χ1) is 7.65. The molecule has 0 saturated heterocycles. The second-order valence-corrected chi connectivity index (χ2v) is 3.72. The lowest BCUT2D eigenvalue weighted by molar-refractivity contribution is 0.203. The highest BCUT2D eigenvalue weighted by Gasteiger charge is 2.08. The zero-order chi connectivity index (χ0) is 12.4. The van der Waals surface area contributed by atoms with E-state index in [0.29, 0.717) is 25.2 Å². The minimum Gasteiger partial charge on any atom is -0.383 e. The topological polar surface area (TPSA) is 62.9 Å². The Balaban J connectivity index is 3.85. The van der Waals surface area contributed by atoms with Gasteiger partial charge in [0.05, 0.1) is 13.2 Å². The third kappa shape index (κ3) is 6.63. The third-order valence-corrected chi connectivity index (χ3v) is 2.57. The zero-order valence-corrected chi connectivity index (χ0v) is 11.0. The Morgan fingerprint density at radius 2 is 2.06 bits per heavy atom. The van der Waals surface area contributed by atoms with E-state index in [1.54, 1.807) is 7.11 Å². The molecule has 0 aliphatic rings. The van der Waals surface area contributed by atoms with Crippen molar-refractivity contribution < 1.29 is 4.74 Å². The molecule has 0 radical (unpaired) electrons. The summed E-state index contributed by atoms with van der Waals surface area (Å²) in [5.41, 5.74) is 5.71. The van der Waals surface area contributed by atoms with Crippen molar-refractivity contribution in [3.05, 3.63) is 0 Å². The fourth-order valence-corrected chi connectivity index (χ4v) is 1.53. The van der Waals surface area contributed by atoms with Crippen molar-refractivity contribution in [1.82, 2.24) is 10.2 Å². The van der Waals surface area contributed by atoms with Gasteiger partial charge in [0.25, 0.3) is 0 Å². The molecule has 0 spiro atoms. The molecule has 16 heavy (non-hydrogen) atoms. The fraction of sp³-hybridized carbons (Fsp3) is 0.909. The molecular formula is C11H26N4O. The molecule has 5 heteroatoms. The molecule has 3 N–H and O–H groups in total. The van der Waals surface area contributed by atoms with Crippen LogP contribution in [-0.2, 0) is 4.74 Å². The van der Waals surface area contributed by atoms with E-state index in [2.05, 4.69) is 36.0 Å². The van der Waals surface area contributed by atoms with Gasteiger partial charge in [0, 0.05) is 19.7 Å². The highest BCUT2D eigenvalue weighted by Crippen LogP contribution is 1.98. The SMILES string of the molecule is CCN(CC)C(C)CN=C(N)NCCOC. The summed E-state index contributed by atoms with van der Waals surface area (Å²) in [7, 11) is 1.66. The van der Waals surface area contributed by atoms with Crippen molar-refractivity contribution in [1.29, 1.82) is 0 Å². The van der Waals surface area contributed by atoms with Gasteiger partial charge in [0.15, 0.2) is 5.96 Å². The van der Waals surface area contributed by atoms with Crippen LogP contribution in [0.15, 0.2) is 4.99 Å². The summed E-state index contributed by atoms with van der Waals surface area (Å²) in [6, 6.07) is 0.428. The quantitative estimate of drug-likeness (QED) is 0.357. The molecule has 0 aromatic carbocycles. The van der Waals surface area contributed by atoms with Gasteiger partial charge in [-0.25, -0.2) is 0 Å². The molecule has 0 fully saturated rings. The Bertz CT molecular complexity index is 192. The van der Waals surface area contributed by atoms with Gasteiger partial charge in [-0.05, 0) is 20.0 Å². The maximum absolute atomic E-state index is 5.71. The van der Waals surface area contributed by atoms with E-state index in [9.17, 15) is 0 Å². The summed E-state index contributed by atoms with van der Waals surface area (Å²) in [4.78, 5) is 6.65. The Morgan fingerprint density at radius 1 is 1.44 bits per heavy atom. The molecular weight excluding hydrogens is 204 g/mol. The number of nitrogens with one attached hydrogen (secondary N) is 1. The second-order valence-electron chi connectivity index (χ2n) is 3.72. The van der Waals surface area contributed by atoms with Crippen LogP contribution in [0.25, 0.3) is 0 Å². The molecule has 0 aliphatic heterocycles. The van der Waals surface area contributed by atoms with E-state index in [4.69, 9.17) is 10.5 Å². The van der Waals surface area contributed by atoms with Crippen LogP contribution in [0.3, 0.4) is 0 Å². The van der Waals surface area contributed by atoms with E-state index in [1.165, 1.54) is 0 Å². The summed E-state index contributed by atoms with van der Waals surface area (Å²) < 4.78 is 4.91. The van der Waals surface area contributed by atoms with Gasteiger partial charge in [-0.2, -0.15) is 0 Å². The van der Waals surface area contributed by atoms with Gasteiger partial charge in [-0.3, -0.25) is 9.89 Å². The van der Waals surface area contributed by atoms with Crippen molar-refractivity contribution >= 4 is 5.96 Å². The van der Waals surface area contributed by atoms with E-state index in [0.717, 1.165) is 19.6 Å². The van der Waals surface area contributed by atoms with Crippen molar-refractivity contribution in [2.24, 2.45) is 10.7 Å². The molecule has 96 valence electrons. The second kappa shape index (κ2) is 9.42. The Labute approximate surface area is 99.0 Å². The van der Waals surface area contributed by atoms with Gasteiger partial charge in [0.1, 0.15) is 0 Å². The Morgan fingerprint density at radius 3 is 2.56 bits per heavy atom. The lowest BCUT2D eigenvalue weighted by atomic mass is 10.3. The standard InChI is InChI=1S/C11H26N4O/c1-5-15(6-2)10(3)9-14-11(12)13-7-8-16-4/h10H,5-9H2,1-4H3,(H3,12,13,14). The zero-order valence-electron chi connectivity index (χ0n) is 11.0. The van der Waals surface area contributed by atoms with Crippen molar-refractivity contribution in [2.75, 3.05) is 39.9 Å². The van der Waals surface area contributed by atoms with E-state index in [-0.39, 0.29) is 0 Å². The first kappa shape index (κ1) is 15.2. The maximum Gasteiger partial charge on any atom is 0.188 e. The van der Waals surface area contributed by atoms with Gasteiger partial charge < -0.3 is 15.8 Å². The van der Waals surface area contributed by atoms with Crippen LogP contribution in [-0.4, -0.2) is 56.8 Å². The number of likely N-dealkylation sites (N-methyl/N-ethyl adjacent to an activating group) is 1. The van der Waals surface area contributed by atoms with E-state index >= 15 is 0 Å². The van der Waals surface area contributed by atoms with E-state index in [1.807, 2.05) is 0 Å². The lowest BCUT2D eigenvalue weighted by Crippen LogP contribution is -2.38. The molecule has 5 nitrogen and oxygen atoms in total. The Hall–Kier alpha value is -0.810. The molecule has 0 aliphatic carbocycles. The smallest absolute Gasteiger partial charge is 0.188 e. The van der Waals surface area contributed by atoms with Crippen molar-refractivity contribution in [2.45, 2.75) is 26.8 Å². The Kier molecular flexibility index (Phi) is 8.94. The molecule has 1 atom stereocenters. The molecule has 0 amide bonds. The summed E-state index contributed by atoms with van der Waals surface area (Å²) in [6.07, 6.45) is 0. The molecule has 0 saturated carbocycles. The number of guanidine groups is 1. The number of nitrogens with two attached hydrogens (primary N) is 1. The molecule has 0 aromatic heterocycles. The normalized spacial score (nSPS) is 14.2. The molecule has 0 rings (SSSR count). The minimum atomic E-state index is 0.428. The van der Waals surface area contributed by atoms with Crippen LogP contribution in [0, 0.1) is 0 Å². The minimum absolute atomic E-state index is 0.428. The number of aliphatic imine (C=N–C) groups is 1. The van der Waals surface area contributed by atoms with Crippen LogP contribution in [0.4, 0.5) is 0 Å². The highest BCUT2D eigenvalue weighted by molar-refractivity contribution is 5.77. The van der Waals surface area contributed by atoms with Crippen LogP contribution < -0.4 is 11.1 Å². The van der Waals surface area contributed by atoms with Gasteiger partial charge in [-0.15, -0.1) is 0 Å². The molecule has 0 bridgehead atoms. The molecule has 0 aromatic rings. The van der Waals surface area contributed by atoms with E-state index < -0.39 is 0 Å². The maximum atomic E-state index is 5.71. The number of ether oxygens (including phenoxy) is 1. The van der Waals surface area contributed by atoms with Crippen LogP contribution in [0.5, 0.6) is 0 Å².